The number of rotatable bonds is 2. The molecule has 0 N–H and O–H groups in total. The van der Waals surface area contributed by atoms with Crippen molar-refractivity contribution in [2.24, 2.45) is 0 Å². The summed E-state index contributed by atoms with van der Waals surface area (Å²) >= 11 is 5.93. The summed E-state index contributed by atoms with van der Waals surface area (Å²) in [6.45, 7) is 3.93. The molecule has 0 bridgehead atoms. The predicted molar refractivity (Wildman–Crippen MR) is 58.0 cm³/mol. The van der Waals surface area contributed by atoms with Gasteiger partial charge in [0.25, 0.3) is 0 Å². The second kappa shape index (κ2) is 3.47. The third kappa shape index (κ3) is 1.70. The standard InChI is InChI=1S/C10H12ClN3O/c1-10(2,15-3)7-6-8(11)13-14-5-4-12-9(7)14/h4-6H,1-3H3. The van der Waals surface area contributed by atoms with E-state index in [9.17, 15) is 0 Å². The van der Waals surface area contributed by atoms with E-state index in [1.54, 1.807) is 30.1 Å². The van der Waals surface area contributed by atoms with E-state index in [1.807, 2.05) is 13.8 Å². The van der Waals surface area contributed by atoms with Crippen molar-refractivity contribution in [2.45, 2.75) is 19.4 Å². The molecule has 0 unspecified atom stereocenters. The average molecular weight is 226 g/mol. The van der Waals surface area contributed by atoms with Gasteiger partial charge >= 0.3 is 0 Å². The fourth-order valence-corrected chi connectivity index (χ4v) is 1.63. The number of hydrogen-bond acceptors (Lipinski definition) is 3. The smallest absolute Gasteiger partial charge is 0.159 e. The van der Waals surface area contributed by atoms with E-state index in [0.717, 1.165) is 11.2 Å². The zero-order chi connectivity index (χ0) is 11.1. The molecule has 0 aromatic carbocycles. The number of methoxy groups -OCH3 is 1. The Balaban J connectivity index is 2.73. The van der Waals surface area contributed by atoms with E-state index >= 15 is 0 Å². The zero-order valence-electron chi connectivity index (χ0n) is 8.86. The minimum Gasteiger partial charge on any atom is -0.374 e. The van der Waals surface area contributed by atoms with E-state index in [2.05, 4.69) is 10.1 Å². The van der Waals surface area contributed by atoms with Gasteiger partial charge in [-0.2, -0.15) is 5.10 Å². The van der Waals surface area contributed by atoms with Crippen LogP contribution in [0.25, 0.3) is 5.65 Å². The molecule has 15 heavy (non-hydrogen) atoms. The Morgan fingerprint density at radius 3 is 2.87 bits per heavy atom. The van der Waals surface area contributed by atoms with Crippen LogP contribution in [0.15, 0.2) is 18.5 Å². The molecule has 2 aromatic heterocycles. The molecule has 2 heterocycles. The van der Waals surface area contributed by atoms with Gasteiger partial charge in [-0.15, -0.1) is 0 Å². The first kappa shape index (κ1) is 10.4. The Morgan fingerprint density at radius 1 is 1.47 bits per heavy atom. The van der Waals surface area contributed by atoms with Crippen molar-refractivity contribution >= 4 is 17.2 Å². The van der Waals surface area contributed by atoms with Gasteiger partial charge in [0.15, 0.2) is 10.8 Å². The Bertz CT molecular complexity index is 492. The van der Waals surface area contributed by atoms with Crippen LogP contribution < -0.4 is 0 Å². The van der Waals surface area contributed by atoms with E-state index < -0.39 is 5.60 Å². The maximum Gasteiger partial charge on any atom is 0.159 e. The highest BCUT2D eigenvalue weighted by Gasteiger charge is 2.24. The molecule has 4 nitrogen and oxygen atoms in total. The largest absolute Gasteiger partial charge is 0.374 e. The highest BCUT2D eigenvalue weighted by atomic mass is 35.5. The zero-order valence-corrected chi connectivity index (χ0v) is 9.62. The summed E-state index contributed by atoms with van der Waals surface area (Å²) < 4.78 is 7.07. The van der Waals surface area contributed by atoms with Crippen molar-refractivity contribution in [1.82, 2.24) is 14.6 Å². The highest BCUT2D eigenvalue weighted by molar-refractivity contribution is 6.29. The summed E-state index contributed by atoms with van der Waals surface area (Å²) in [5, 5.41) is 4.54. The molecule has 0 radical (unpaired) electrons. The van der Waals surface area contributed by atoms with Crippen molar-refractivity contribution in [3.05, 3.63) is 29.2 Å². The topological polar surface area (TPSA) is 39.4 Å². The van der Waals surface area contributed by atoms with Crippen LogP contribution in [0.3, 0.4) is 0 Å². The van der Waals surface area contributed by atoms with Crippen molar-refractivity contribution < 1.29 is 4.74 Å². The van der Waals surface area contributed by atoms with Gasteiger partial charge < -0.3 is 4.74 Å². The number of halogens is 1. The van der Waals surface area contributed by atoms with Crippen LogP contribution in [0.1, 0.15) is 19.4 Å². The molecule has 0 aliphatic rings. The molecule has 2 rings (SSSR count). The third-order valence-corrected chi connectivity index (χ3v) is 2.67. The molecule has 0 spiro atoms. The predicted octanol–water partition coefficient (Wildman–Crippen LogP) is 2.26. The Kier molecular flexibility index (Phi) is 2.40. The van der Waals surface area contributed by atoms with Gasteiger partial charge in [-0.25, -0.2) is 9.50 Å². The fraction of sp³-hybridized carbons (Fsp3) is 0.400. The molecule has 0 aliphatic heterocycles. The van der Waals surface area contributed by atoms with Gasteiger partial charge in [-0.05, 0) is 19.9 Å². The summed E-state index contributed by atoms with van der Waals surface area (Å²) in [5.74, 6) is 0. The summed E-state index contributed by atoms with van der Waals surface area (Å²) in [6.07, 6.45) is 3.45. The molecule has 2 aromatic rings. The summed E-state index contributed by atoms with van der Waals surface area (Å²) in [5.41, 5.74) is 1.26. The van der Waals surface area contributed by atoms with Crippen molar-refractivity contribution in [1.29, 1.82) is 0 Å². The third-order valence-electron chi connectivity index (χ3n) is 2.49. The maximum absolute atomic E-state index is 5.93. The lowest BCUT2D eigenvalue weighted by Gasteiger charge is -2.23. The van der Waals surface area contributed by atoms with E-state index in [0.29, 0.717) is 5.15 Å². The molecule has 0 atom stereocenters. The lowest BCUT2D eigenvalue weighted by Crippen LogP contribution is -2.21. The first-order valence-electron chi connectivity index (χ1n) is 4.60. The monoisotopic (exact) mass is 225 g/mol. The van der Waals surface area contributed by atoms with Gasteiger partial charge in [0.05, 0.1) is 5.60 Å². The summed E-state index contributed by atoms with van der Waals surface area (Å²) in [4.78, 5) is 4.24. The van der Waals surface area contributed by atoms with Gasteiger partial charge in [-0.1, -0.05) is 11.6 Å². The molecular formula is C10H12ClN3O. The Morgan fingerprint density at radius 2 is 2.20 bits per heavy atom. The van der Waals surface area contributed by atoms with Gasteiger partial charge in [0.2, 0.25) is 0 Å². The number of nitrogens with zero attached hydrogens (tertiary/aromatic N) is 3. The minimum absolute atomic E-state index is 0.431. The maximum atomic E-state index is 5.93. The van der Waals surface area contributed by atoms with Crippen LogP contribution in [-0.4, -0.2) is 21.7 Å². The SMILES string of the molecule is COC(C)(C)c1cc(Cl)nn2ccnc12. The first-order chi connectivity index (χ1) is 7.04. The quantitative estimate of drug-likeness (QED) is 0.787. The van der Waals surface area contributed by atoms with E-state index in [-0.39, 0.29) is 0 Å². The number of fused-ring (bicyclic) bond motifs is 1. The van der Waals surface area contributed by atoms with E-state index in [4.69, 9.17) is 16.3 Å². The van der Waals surface area contributed by atoms with Crippen molar-refractivity contribution in [2.75, 3.05) is 7.11 Å². The lowest BCUT2D eigenvalue weighted by atomic mass is 10.00. The molecular weight excluding hydrogens is 214 g/mol. The number of hydrogen-bond donors (Lipinski definition) is 0. The Labute approximate surface area is 92.8 Å². The van der Waals surface area contributed by atoms with Crippen LogP contribution in [0.2, 0.25) is 5.15 Å². The molecule has 80 valence electrons. The number of ether oxygens (including phenoxy) is 1. The normalized spacial score (nSPS) is 12.3. The van der Waals surface area contributed by atoms with Crippen LogP contribution in [-0.2, 0) is 10.3 Å². The minimum atomic E-state index is -0.431. The molecule has 0 fully saturated rings. The molecule has 0 aliphatic carbocycles. The van der Waals surface area contributed by atoms with Crippen molar-refractivity contribution in [3.63, 3.8) is 0 Å². The van der Waals surface area contributed by atoms with Crippen LogP contribution >= 0.6 is 11.6 Å². The van der Waals surface area contributed by atoms with Gasteiger partial charge in [0.1, 0.15) is 0 Å². The lowest BCUT2D eigenvalue weighted by molar-refractivity contribution is 0.0199. The molecule has 5 heteroatoms. The molecule has 0 saturated heterocycles. The Hall–Kier alpha value is -1.13. The average Bonchev–Trinajstić information content (AvgIpc) is 2.63. The van der Waals surface area contributed by atoms with Gasteiger partial charge in [-0.3, -0.25) is 0 Å². The van der Waals surface area contributed by atoms with Crippen LogP contribution in [0, 0.1) is 0 Å². The fourth-order valence-electron chi connectivity index (χ4n) is 1.44. The van der Waals surface area contributed by atoms with Crippen LogP contribution in [0.4, 0.5) is 0 Å². The second-order valence-electron chi connectivity index (χ2n) is 3.79. The van der Waals surface area contributed by atoms with Crippen LogP contribution in [0.5, 0.6) is 0 Å². The molecule has 0 saturated carbocycles. The van der Waals surface area contributed by atoms with Crippen molar-refractivity contribution in [3.8, 4) is 0 Å². The summed E-state index contributed by atoms with van der Waals surface area (Å²) in [7, 11) is 1.66. The highest BCUT2D eigenvalue weighted by Crippen LogP contribution is 2.28. The van der Waals surface area contributed by atoms with E-state index in [1.165, 1.54) is 0 Å². The number of aromatic nitrogens is 3. The molecule has 0 amide bonds. The first-order valence-corrected chi connectivity index (χ1v) is 4.98. The second-order valence-corrected chi connectivity index (χ2v) is 4.18. The summed E-state index contributed by atoms with van der Waals surface area (Å²) in [6, 6.07) is 1.79. The number of imidazole rings is 1. The van der Waals surface area contributed by atoms with Gasteiger partial charge in [0, 0.05) is 25.1 Å².